The van der Waals surface area contributed by atoms with Crippen molar-refractivity contribution >= 4 is 84.3 Å². The number of hydrogen-bond donors (Lipinski definition) is 0. The van der Waals surface area contributed by atoms with E-state index < -0.39 is 0 Å². The van der Waals surface area contributed by atoms with Crippen molar-refractivity contribution in [1.82, 2.24) is 0 Å². The summed E-state index contributed by atoms with van der Waals surface area (Å²) in [5.74, 6) is 1.07. The second kappa shape index (κ2) is 11.3. The summed E-state index contributed by atoms with van der Waals surface area (Å²) in [6.07, 6.45) is 1.82. The predicted octanol–water partition coefficient (Wildman–Crippen LogP) is 8.64. The summed E-state index contributed by atoms with van der Waals surface area (Å²) in [5, 5.41) is 2.84. The molecule has 4 aromatic rings. The number of rotatable bonds is 7. The predicted molar refractivity (Wildman–Crippen MR) is 161 cm³/mol. The maximum atomic E-state index is 13.2. The number of thioether (sulfide) groups is 1. The normalized spacial score (nSPS) is 14.6. The van der Waals surface area contributed by atoms with Crippen LogP contribution in [0.2, 0.25) is 5.02 Å². The molecule has 1 aliphatic rings. The zero-order valence-corrected chi connectivity index (χ0v) is 23.7. The van der Waals surface area contributed by atoms with E-state index in [1.807, 2.05) is 49.4 Å². The number of hydrogen-bond acceptors (Lipinski definition) is 5. The number of amides is 1. The molecule has 1 heterocycles. The van der Waals surface area contributed by atoms with Gasteiger partial charge in [-0.15, -0.1) is 0 Å². The summed E-state index contributed by atoms with van der Waals surface area (Å²) in [7, 11) is 0. The lowest BCUT2D eigenvalue weighted by Crippen LogP contribution is -2.27. The second-order valence-corrected chi connectivity index (χ2v) is 11.1. The quantitative estimate of drug-likeness (QED) is 0.155. The van der Waals surface area contributed by atoms with Crippen LogP contribution in [-0.4, -0.2) is 16.8 Å². The highest BCUT2D eigenvalue weighted by Gasteiger charge is 2.33. The number of nitrogens with zero attached hydrogens (tertiary/aromatic N) is 1. The topological polar surface area (TPSA) is 38.8 Å². The molecule has 8 heteroatoms. The monoisotopic (exact) mass is 609 g/mol. The molecule has 0 saturated carbocycles. The van der Waals surface area contributed by atoms with Crippen molar-refractivity contribution in [2.75, 3.05) is 11.5 Å². The lowest BCUT2D eigenvalue weighted by atomic mass is 10.1. The Morgan fingerprint density at radius 2 is 1.81 bits per heavy atom. The van der Waals surface area contributed by atoms with Crippen molar-refractivity contribution in [2.45, 2.75) is 13.5 Å². The minimum atomic E-state index is -0.192. The lowest BCUT2D eigenvalue weighted by molar-refractivity contribution is -0.113. The van der Waals surface area contributed by atoms with E-state index in [2.05, 4.69) is 40.2 Å². The first-order chi connectivity index (χ1) is 17.9. The van der Waals surface area contributed by atoms with Gasteiger partial charge >= 0.3 is 0 Å². The highest BCUT2D eigenvalue weighted by Crippen LogP contribution is 2.39. The van der Waals surface area contributed by atoms with Crippen LogP contribution in [0.25, 0.3) is 16.8 Å². The van der Waals surface area contributed by atoms with Gasteiger partial charge < -0.3 is 9.47 Å². The molecule has 1 fully saturated rings. The van der Waals surface area contributed by atoms with Crippen molar-refractivity contribution in [3.8, 4) is 11.5 Å². The number of thiocarbonyl (C=S) groups is 1. The Bertz CT molecular complexity index is 1550. The number of benzene rings is 4. The molecule has 0 radical (unpaired) electrons. The van der Waals surface area contributed by atoms with Crippen LogP contribution in [0, 0.1) is 0 Å². The summed E-state index contributed by atoms with van der Waals surface area (Å²) < 4.78 is 13.3. The Hall–Kier alpha value is -2.84. The van der Waals surface area contributed by atoms with Crippen molar-refractivity contribution in [1.29, 1.82) is 0 Å². The van der Waals surface area contributed by atoms with Crippen molar-refractivity contribution in [3.63, 3.8) is 0 Å². The van der Waals surface area contributed by atoms with Gasteiger partial charge in [-0.25, -0.2) is 0 Å². The van der Waals surface area contributed by atoms with Gasteiger partial charge in [0.2, 0.25) is 0 Å². The van der Waals surface area contributed by atoms with Crippen LogP contribution >= 0.6 is 51.5 Å². The van der Waals surface area contributed by atoms with Gasteiger partial charge in [-0.3, -0.25) is 9.69 Å². The zero-order valence-electron chi connectivity index (χ0n) is 19.7. The van der Waals surface area contributed by atoms with Crippen LogP contribution in [0.3, 0.4) is 0 Å². The van der Waals surface area contributed by atoms with Crippen LogP contribution in [0.5, 0.6) is 11.5 Å². The number of halogens is 2. The van der Waals surface area contributed by atoms with Gasteiger partial charge in [-0.2, -0.15) is 0 Å². The summed E-state index contributed by atoms with van der Waals surface area (Å²) in [6.45, 7) is 2.82. The zero-order chi connectivity index (χ0) is 25.9. The Morgan fingerprint density at radius 3 is 2.62 bits per heavy atom. The van der Waals surface area contributed by atoms with Crippen LogP contribution < -0.4 is 14.4 Å². The van der Waals surface area contributed by atoms with Gasteiger partial charge in [0.15, 0.2) is 15.8 Å². The third-order valence-corrected chi connectivity index (χ3v) is 8.32. The summed E-state index contributed by atoms with van der Waals surface area (Å²) in [6, 6.07) is 25.4. The number of ether oxygens (including phenoxy) is 2. The highest BCUT2D eigenvalue weighted by molar-refractivity contribution is 9.10. The molecule has 0 aliphatic carbocycles. The van der Waals surface area contributed by atoms with E-state index >= 15 is 0 Å². The minimum Gasteiger partial charge on any atom is -0.490 e. The molecule has 0 aromatic heterocycles. The Balaban J connectivity index is 1.38. The van der Waals surface area contributed by atoms with Gasteiger partial charge in [-0.05, 0) is 81.2 Å². The smallest absolute Gasteiger partial charge is 0.270 e. The van der Waals surface area contributed by atoms with Crippen LogP contribution in [0.1, 0.15) is 18.1 Å². The van der Waals surface area contributed by atoms with E-state index in [4.69, 9.17) is 33.3 Å². The second-order valence-electron chi connectivity index (χ2n) is 8.18. The fourth-order valence-corrected chi connectivity index (χ4v) is 5.76. The van der Waals surface area contributed by atoms with E-state index in [1.165, 1.54) is 22.0 Å². The minimum absolute atomic E-state index is 0.192. The molecule has 1 amide bonds. The molecule has 37 heavy (non-hydrogen) atoms. The van der Waals surface area contributed by atoms with Gasteiger partial charge in [0.1, 0.15) is 6.61 Å². The first kappa shape index (κ1) is 25.8. The molecule has 4 nitrogen and oxygen atoms in total. The van der Waals surface area contributed by atoms with Crippen LogP contribution in [0.15, 0.2) is 88.2 Å². The average molecular weight is 611 g/mol. The largest absolute Gasteiger partial charge is 0.490 e. The van der Waals surface area contributed by atoms with E-state index in [1.54, 1.807) is 18.2 Å². The summed E-state index contributed by atoms with van der Waals surface area (Å²) in [5.41, 5.74) is 2.54. The number of fused-ring (bicyclic) bond motifs is 1. The first-order valence-electron chi connectivity index (χ1n) is 11.5. The third-order valence-electron chi connectivity index (χ3n) is 5.78. The molecule has 1 saturated heterocycles. The average Bonchev–Trinajstić information content (AvgIpc) is 3.17. The van der Waals surface area contributed by atoms with Gasteiger partial charge in [0, 0.05) is 4.47 Å². The molecule has 5 rings (SSSR count). The van der Waals surface area contributed by atoms with Gasteiger partial charge in [0.25, 0.3) is 5.91 Å². The molecule has 0 N–H and O–H groups in total. The van der Waals surface area contributed by atoms with Crippen molar-refractivity contribution in [3.05, 3.63) is 104 Å². The number of anilines is 1. The Kier molecular flexibility index (Phi) is 7.86. The summed E-state index contributed by atoms with van der Waals surface area (Å²) >= 11 is 16.4. The molecule has 0 spiro atoms. The molecule has 4 aromatic carbocycles. The molecule has 0 bridgehead atoms. The van der Waals surface area contributed by atoms with Crippen molar-refractivity contribution in [2.24, 2.45) is 0 Å². The molecule has 0 unspecified atom stereocenters. The maximum Gasteiger partial charge on any atom is 0.270 e. The molecular formula is C29H21BrClNO3S2. The SMILES string of the molecule is CCOc1cc(/C=C2/SC(=S)N(c3ccc(Br)c(Cl)c3)C2=O)ccc1OCc1cccc2ccccc12. The van der Waals surface area contributed by atoms with E-state index in [9.17, 15) is 4.79 Å². The van der Waals surface area contributed by atoms with Crippen molar-refractivity contribution < 1.29 is 14.3 Å². The molecule has 0 atom stereocenters. The lowest BCUT2D eigenvalue weighted by Gasteiger charge is -2.15. The highest BCUT2D eigenvalue weighted by atomic mass is 79.9. The summed E-state index contributed by atoms with van der Waals surface area (Å²) in [4.78, 5) is 15.2. The first-order valence-corrected chi connectivity index (χ1v) is 13.9. The fourth-order valence-electron chi connectivity index (χ4n) is 4.04. The Labute approximate surface area is 238 Å². The van der Waals surface area contributed by atoms with E-state index in [0.717, 1.165) is 21.0 Å². The van der Waals surface area contributed by atoms with E-state index in [-0.39, 0.29) is 5.91 Å². The van der Waals surface area contributed by atoms with Crippen LogP contribution in [-0.2, 0) is 11.4 Å². The molecule has 1 aliphatic heterocycles. The fraction of sp³-hybridized carbons (Fsp3) is 0.103. The standard InChI is InChI=1S/C29H21BrClNO3S2/c1-2-34-26-14-18(10-13-25(26)35-17-20-8-5-7-19-6-3-4-9-22(19)20)15-27-28(33)32(29(36)37-27)21-11-12-23(30)24(31)16-21/h3-16H,2,17H2,1H3/b27-15+. The Morgan fingerprint density at radius 1 is 1.00 bits per heavy atom. The molecular weight excluding hydrogens is 590 g/mol. The molecule has 186 valence electrons. The van der Waals surface area contributed by atoms with E-state index in [0.29, 0.717) is 44.6 Å². The third kappa shape index (κ3) is 5.55. The van der Waals surface area contributed by atoms with Gasteiger partial charge in [0.05, 0.1) is 22.2 Å². The number of carbonyl (C=O) groups excluding carboxylic acids is 1. The maximum absolute atomic E-state index is 13.2. The number of carbonyl (C=O) groups is 1. The van der Waals surface area contributed by atoms with Crippen LogP contribution in [0.4, 0.5) is 5.69 Å². The van der Waals surface area contributed by atoms with Gasteiger partial charge in [-0.1, -0.05) is 84.1 Å².